The minimum Gasteiger partial charge on any atom is -0.487 e. The predicted molar refractivity (Wildman–Crippen MR) is 157 cm³/mol. The molecule has 0 radical (unpaired) electrons. The molecule has 1 aliphatic carbocycles. The number of rotatable bonds is 8. The summed E-state index contributed by atoms with van der Waals surface area (Å²) in [5, 5.41) is 10.1. The summed E-state index contributed by atoms with van der Waals surface area (Å²) in [5.74, 6) is -2.78. The van der Waals surface area contributed by atoms with Crippen molar-refractivity contribution in [3.8, 4) is 5.75 Å². The summed E-state index contributed by atoms with van der Waals surface area (Å²) in [5.41, 5.74) is 5.24. The van der Waals surface area contributed by atoms with Crippen LogP contribution in [0.2, 0.25) is 0 Å². The van der Waals surface area contributed by atoms with Crippen LogP contribution in [0.1, 0.15) is 67.1 Å². The highest BCUT2D eigenvalue weighted by Gasteiger charge is 2.36. The molecule has 2 atom stereocenters. The van der Waals surface area contributed by atoms with Crippen molar-refractivity contribution in [3.05, 3.63) is 83.4 Å². The minimum atomic E-state index is -2.70. The molecule has 0 spiro atoms. The number of hydrogen-bond acceptors (Lipinski definition) is 5. The van der Waals surface area contributed by atoms with Crippen molar-refractivity contribution in [2.24, 2.45) is 5.92 Å². The number of aliphatic carboxylic acids is 1. The molecule has 2 aromatic carbocycles. The number of pyridine rings is 1. The van der Waals surface area contributed by atoms with E-state index in [1.165, 1.54) is 0 Å². The molecule has 0 amide bonds. The van der Waals surface area contributed by atoms with E-state index >= 15 is 0 Å². The summed E-state index contributed by atoms with van der Waals surface area (Å²) >= 11 is 0. The summed E-state index contributed by atoms with van der Waals surface area (Å²) in [6.45, 7) is 3.06. The molecule has 2 aliphatic rings. The molecule has 2 fully saturated rings. The monoisotopic (exact) mass is 574 g/mol. The van der Waals surface area contributed by atoms with E-state index in [1.54, 1.807) is 4.90 Å². The third-order valence-electron chi connectivity index (χ3n) is 8.53. The van der Waals surface area contributed by atoms with Gasteiger partial charge in [-0.3, -0.25) is 9.78 Å². The van der Waals surface area contributed by atoms with Crippen LogP contribution in [0.15, 0.2) is 60.8 Å². The first-order chi connectivity index (χ1) is 20.3. The number of hydrogen-bond donors (Lipinski definition) is 1. The molecule has 0 unspecified atom stereocenters. The average Bonchev–Trinajstić information content (AvgIpc) is 3.33. The number of piperidine rings is 1. The zero-order valence-corrected chi connectivity index (χ0v) is 23.8. The van der Waals surface area contributed by atoms with Gasteiger partial charge in [-0.1, -0.05) is 31.0 Å². The standard InChI is InChI=1S/C33H36F2N4O3/c1-22-10-11-24(36-18-22)20-42-26-12-13-29-30(17-26)39(31(37-29)27-8-2-3-9-28(27)32(40)41)19-23-6-4-7-25(16-23)38-15-5-14-33(34,35)21-38/h4,6-7,10-13,16-18,27-28H,2-3,5,8-9,14-15,19-21H2,1H3,(H,40,41)/t27-,28+/m1/s1. The number of ether oxygens (including phenoxy) is 1. The summed E-state index contributed by atoms with van der Waals surface area (Å²) in [7, 11) is 0. The number of halogens is 2. The van der Waals surface area contributed by atoms with Crippen LogP contribution >= 0.6 is 0 Å². The Morgan fingerprint density at radius 2 is 1.95 bits per heavy atom. The van der Waals surface area contributed by atoms with Gasteiger partial charge in [0.1, 0.15) is 18.2 Å². The number of alkyl halides is 2. The Morgan fingerprint density at radius 3 is 2.74 bits per heavy atom. The first-order valence-corrected chi connectivity index (χ1v) is 14.7. The molecule has 1 N–H and O–H groups in total. The van der Waals surface area contributed by atoms with E-state index in [4.69, 9.17) is 9.72 Å². The fourth-order valence-electron chi connectivity index (χ4n) is 6.36. The van der Waals surface area contributed by atoms with Gasteiger partial charge in [-0.25, -0.2) is 13.8 Å². The molecular weight excluding hydrogens is 538 g/mol. The lowest BCUT2D eigenvalue weighted by molar-refractivity contribution is -0.143. The van der Waals surface area contributed by atoms with Crippen molar-refractivity contribution in [3.63, 3.8) is 0 Å². The molecule has 1 saturated heterocycles. The second kappa shape index (κ2) is 11.7. The lowest BCUT2D eigenvalue weighted by Crippen LogP contribution is -2.42. The van der Waals surface area contributed by atoms with Crippen LogP contribution in [0.25, 0.3) is 11.0 Å². The lowest BCUT2D eigenvalue weighted by Gasteiger charge is -2.34. The molecule has 2 aromatic heterocycles. The van der Waals surface area contributed by atoms with Gasteiger partial charge in [0.15, 0.2) is 0 Å². The van der Waals surface area contributed by atoms with Crippen LogP contribution in [0.3, 0.4) is 0 Å². The van der Waals surface area contributed by atoms with E-state index in [-0.39, 0.29) is 18.9 Å². The van der Waals surface area contributed by atoms with E-state index < -0.39 is 17.8 Å². The van der Waals surface area contributed by atoms with E-state index in [1.807, 2.05) is 67.7 Å². The highest BCUT2D eigenvalue weighted by atomic mass is 19.3. The Hall–Kier alpha value is -4.01. The number of nitrogens with zero attached hydrogens (tertiary/aromatic N) is 4. The zero-order valence-electron chi connectivity index (χ0n) is 23.8. The number of anilines is 1. The number of carboxylic acids is 1. The second-order valence-electron chi connectivity index (χ2n) is 11.7. The third kappa shape index (κ3) is 6.10. The molecule has 9 heteroatoms. The van der Waals surface area contributed by atoms with Crippen molar-refractivity contribution in [2.75, 3.05) is 18.0 Å². The molecule has 3 heterocycles. The van der Waals surface area contributed by atoms with E-state index in [2.05, 4.69) is 9.55 Å². The van der Waals surface area contributed by atoms with Gasteiger partial charge in [-0.2, -0.15) is 0 Å². The van der Waals surface area contributed by atoms with Gasteiger partial charge in [-0.15, -0.1) is 0 Å². The fraction of sp³-hybridized carbons (Fsp3) is 0.424. The van der Waals surface area contributed by atoms with Gasteiger partial charge in [-0.05, 0) is 67.6 Å². The number of imidazole rings is 1. The van der Waals surface area contributed by atoms with Gasteiger partial charge < -0.3 is 19.3 Å². The van der Waals surface area contributed by atoms with Crippen LogP contribution in [-0.2, 0) is 17.9 Å². The highest BCUT2D eigenvalue weighted by molar-refractivity contribution is 5.79. The Labute approximate surface area is 244 Å². The Morgan fingerprint density at radius 1 is 1.10 bits per heavy atom. The molecule has 42 heavy (non-hydrogen) atoms. The summed E-state index contributed by atoms with van der Waals surface area (Å²) in [6.07, 6.45) is 5.41. The first-order valence-electron chi connectivity index (χ1n) is 14.7. The Balaban J connectivity index is 1.35. The summed E-state index contributed by atoms with van der Waals surface area (Å²) in [6, 6.07) is 17.4. The van der Waals surface area contributed by atoms with Gasteiger partial charge in [0.25, 0.3) is 5.92 Å². The summed E-state index contributed by atoms with van der Waals surface area (Å²) in [4.78, 5) is 23.4. The van der Waals surface area contributed by atoms with Gasteiger partial charge >= 0.3 is 5.97 Å². The predicted octanol–water partition coefficient (Wildman–Crippen LogP) is 6.96. The number of aromatic nitrogens is 3. The van der Waals surface area contributed by atoms with Crippen molar-refractivity contribution < 1.29 is 23.4 Å². The zero-order chi connectivity index (χ0) is 29.3. The number of carboxylic acid groups (broad SMARTS) is 1. The van der Waals surface area contributed by atoms with Gasteiger partial charge in [0.05, 0.1) is 29.2 Å². The number of aryl methyl sites for hydroxylation is 1. The molecular formula is C33H36F2N4O3. The largest absolute Gasteiger partial charge is 0.487 e. The Bertz CT molecular complexity index is 1570. The molecule has 0 bridgehead atoms. The number of benzene rings is 2. The fourth-order valence-corrected chi connectivity index (χ4v) is 6.36. The van der Waals surface area contributed by atoms with Crippen LogP contribution in [0, 0.1) is 12.8 Å². The SMILES string of the molecule is Cc1ccc(COc2ccc3nc([C@@H]4CCCC[C@@H]4C(=O)O)n(Cc4cccc(N5CCCC(F)(F)C5)c4)c3c2)nc1. The molecule has 4 aromatic rings. The average molecular weight is 575 g/mol. The third-order valence-corrected chi connectivity index (χ3v) is 8.53. The number of carbonyl (C=O) groups is 1. The smallest absolute Gasteiger partial charge is 0.307 e. The van der Waals surface area contributed by atoms with E-state index in [0.717, 1.165) is 58.6 Å². The van der Waals surface area contributed by atoms with Crippen molar-refractivity contribution >= 4 is 22.7 Å². The molecule has 6 rings (SSSR count). The maximum absolute atomic E-state index is 14.2. The van der Waals surface area contributed by atoms with Crippen LogP contribution in [0.4, 0.5) is 14.5 Å². The maximum Gasteiger partial charge on any atom is 0.307 e. The van der Waals surface area contributed by atoms with Crippen LogP contribution in [0.5, 0.6) is 5.75 Å². The minimum absolute atomic E-state index is 0.0793. The second-order valence-corrected chi connectivity index (χ2v) is 11.7. The first kappa shape index (κ1) is 28.1. The van der Waals surface area contributed by atoms with Crippen LogP contribution < -0.4 is 9.64 Å². The van der Waals surface area contributed by atoms with Crippen molar-refractivity contribution in [1.29, 1.82) is 0 Å². The molecule has 1 aliphatic heterocycles. The topological polar surface area (TPSA) is 80.5 Å². The van der Waals surface area contributed by atoms with Crippen molar-refractivity contribution in [1.82, 2.24) is 14.5 Å². The van der Waals surface area contributed by atoms with Crippen molar-refractivity contribution in [2.45, 2.75) is 70.4 Å². The Kier molecular flexibility index (Phi) is 7.84. The highest BCUT2D eigenvalue weighted by Crippen LogP contribution is 2.40. The maximum atomic E-state index is 14.2. The van der Waals surface area contributed by atoms with Gasteiger partial charge in [0, 0.05) is 43.4 Å². The summed E-state index contributed by atoms with van der Waals surface area (Å²) < 4.78 is 36.6. The van der Waals surface area contributed by atoms with E-state index in [9.17, 15) is 18.7 Å². The lowest BCUT2D eigenvalue weighted by atomic mass is 9.78. The molecule has 7 nitrogen and oxygen atoms in total. The normalized spacial score (nSPS) is 20.5. The quantitative estimate of drug-likeness (QED) is 0.245. The van der Waals surface area contributed by atoms with Crippen LogP contribution in [-0.4, -0.2) is 44.6 Å². The molecule has 220 valence electrons. The molecule has 1 saturated carbocycles. The van der Waals surface area contributed by atoms with E-state index in [0.29, 0.717) is 38.3 Å². The number of fused-ring (bicyclic) bond motifs is 1. The van der Waals surface area contributed by atoms with Gasteiger partial charge in [0.2, 0.25) is 0 Å².